The number of nitrogens with two attached hydrogens (primary N) is 1. The SMILES string of the molecule is CCCCc1cc(N2CC[C@H](NCC)C2)nc(Nc2cc(N)cc(C#N)c2)n1.Cl.Cl. The Morgan fingerprint density at radius 3 is 2.70 bits per heavy atom. The third-order valence-electron chi connectivity index (χ3n) is 4.90. The number of nitrogens with zero attached hydrogens (tertiary/aromatic N) is 4. The van der Waals surface area contributed by atoms with Crippen molar-refractivity contribution in [1.29, 1.82) is 5.26 Å². The molecule has 0 aliphatic carbocycles. The van der Waals surface area contributed by atoms with Crippen LogP contribution in [-0.4, -0.2) is 35.6 Å². The number of unbranched alkanes of at least 4 members (excludes halogenated alkanes) is 1. The molecule has 1 saturated heterocycles. The van der Waals surface area contributed by atoms with Crippen LogP contribution in [0.2, 0.25) is 0 Å². The maximum absolute atomic E-state index is 9.17. The van der Waals surface area contributed by atoms with Crippen LogP contribution in [-0.2, 0) is 6.42 Å². The van der Waals surface area contributed by atoms with Gasteiger partial charge < -0.3 is 21.3 Å². The lowest BCUT2D eigenvalue weighted by molar-refractivity contribution is 0.571. The lowest BCUT2D eigenvalue weighted by Gasteiger charge is -2.20. The highest BCUT2D eigenvalue weighted by molar-refractivity contribution is 5.85. The van der Waals surface area contributed by atoms with Crippen LogP contribution in [0.15, 0.2) is 24.3 Å². The number of nitrogen functional groups attached to an aromatic ring is 1. The molecule has 2 aromatic rings. The minimum Gasteiger partial charge on any atom is -0.399 e. The van der Waals surface area contributed by atoms with Crippen molar-refractivity contribution in [3.63, 3.8) is 0 Å². The van der Waals surface area contributed by atoms with Gasteiger partial charge in [0, 0.05) is 42.3 Å². The van der Waals surface area contributed by atoms with Gasteiger partial charge in [-0.25, -0.2) is 4.98 Å². The fourth-order valence-corrected chi connectivity index (χ4v) is 3.53. The standard InChI is InChI=1S/C21H29N7.2ClH/c1-3-5-6-17-12-20(28-8-7-18(14-28)24-4-2)27-21(25-17)26-19-10-15(13-22)9-16(23)11-19;;/h9-12,18,24H,3-8,14,23H2,1-2H3,(H,25,26,27);2*1H/t18-;;/m0../s1. The number of hydrogen-bond donors (Lipinski definition) is 3. The Morgan fingerprint density at radius 2 is 2.00 bits per heavy atom. The Morgan fingerprint density at radius 1 is 1.20 bits per heavy atom. The minimum absolute atomic E-state index is 0. The van der Waals surface area contributed by atoms with Crippen LogP contribution in [0, 0.1) is 11.3 Å². The molecule has 30 heavy (non-hydrogen) atoms. The molecule has 0 amide bonds. The number of aromatic nitrogens is 2. The summed E-state index contributed by atoms with van der Waals surface area (Å²) in [6.07, 6.45) is 4.25. The number of benzene rings is 1. The topological polar surface area (TPSA) is 103 Å². The second kappa shape index (κ2) is 12.4. The Balaban J connectivity index is 0.00000225. The van der Waals surface area contributed by atoms with Gasteiger partial charge in [0.1, 0.15) is 5.82 Å². The van der Waals surface area contributed by atoms with Crippen molar-refractivity contribution in [2.24, 2.45) is 0 Å². The molecule has 0 unspecified atom stereocenters. The van der Waals surface area contributed by atoms with Crippen LogP contribution in [0.1, 0.15) is 44.4 Å². The van der Waals surface area contributed by atoms with Gasteiger partial charge in [-0.05, 0) is 44.0 Å². The zero-order chi connectivity index (χ0) is 19.9. The molecule has 0 spiro atoms. The van der Waals surface area contributed by atoms with Crippen molar-refractivity contribution >= 4 is 48.0 Å². The van der Waals surface area contributed by atoms with E-state index in [-0.39, 0.29) is 24.8 Å². The van der Waals surface area contributed by atoms with Gasteiger partial charge in [0.15, 0.2) is 0 Å². The van der Waals surface area contributed by atoms with Gasteiger partial charge in [-0.15, -0.1) is 24.8 Å². The first kappa shape index (κ1) is 25.8. The van der Waals surface area contributed by atoms with Gasteiger partial charge in [-0.3, -0.25) is 0 Å². The van der Waals surface area contributed by atoms with Crippen LogP contribution in [0.4, 0.5) is 23.1 Å². The Hall–Kier alpha value is -2.27. The first-order valence-electron chi connectivity index (χ1n) is 10.0. The minimum atomic E-state index is 0. The van der Waals surface area contributed by atoms with Crippen LogP contribution in [0.3, 0.4) is 0 Å². The molecule has 164 valence electrons. The normalized spacial score (nSPS) is 15.1. The Labute approximate surface area is 191 Å². The monoisotopic (exact) mass is 451 g/mol. The molecule has 1 aliphatic rings. The summed E-state index contributed by atoms with van der Waals surface area (Å²) in [6.45, 7) is 7.23. The molecule has 1 fully saturated rings. The second-order valence-electron chi connectivity index (χ2n) is 7.21. The van der Waals surface area contributed by atoms with E-state index in [0.29, 0.717) is 23.2 Å². The fourth-order valence-electron chi connectivity index (χ4n) is 3.53. The zero-order valence-corrected chi connectivity index (χ0v) is 19.2. The molecular formula is C21H31Cl2N7. The number of aryl methyl sites for hydroxylation is 1. The number of anilines is 4. The van der Waals surface area contributed by atoms with E-state index in [4.69, 9.17) is 10.7 Å². The summed E-state index contributed by atoms with van der Waals surface area (Å²) in [7, 11) is 0. The van der Waals surface area contributed by atoms with E-state index < -0.39 is 0 Å². The maximum Gasteiger partial charge on any atom is 0.229 e. The number of nitriles is 1. The maximum atomic E-state index is 9.17. The number of nitrogens with one attached hydrogen (secondary N) is 2. The van der Waals surface area contributed by atoms with E-state index in [2.05, 4.69) is 46.5 Å². The van der Waals surface area contributed by atoms with Crippen LogP contribution in [0.5, 0.6) is 0 Å². The number of likely N-dealkylation sites (N-methyl/N-ethyl adjacent to an activating group) is 1. The van der Waals surface area contributed by atoms with Gasteiger partial charge in [-0.1, -0.05) is 20.3 Å². The fraction of sp³-hybridized carbons (Fsp3) is 0.476. The molecule has 3 rings (SSSR count). The second-order valence-corrected chi connectivity index (χ2v) is 7.21. The first-order chi connectivity index (χ1) is 13.6. The average Bonchev–Trinajstić information content (AvgIpc) is 3.15. The predicted molar refractivity (Wildman–Crippen MR) is 128 cm³/mol. The molecule has 9 heteroatoms. The van der Waals surface area contributed by atoms with Crippen LogP contribution in [0.25, 0.3) is 0 Å². The van der Waals surface area contributed by atoms with Gasteiger partial charge >= 0.3 is 0 Å². The van der Waals surface area contributed by atoms with Crippen molar-refractivity contribution in [2.75, 3.05) is 35.6 Å². The smallest absolute Gasteiger partial charge is 0.229 e. The molecule has 0 saturated carbocycles. The van der Waals surface area contributed by atoms with E-state index in [1.165, 1.54) is 0 Å². The highest BCUT2D eigenvalue weighted by Gasteiger charge is 2.23. The summed E-state index contributed by atoms with van der Waals surface area (Å²) in [6, 6.07) is 9.94. The van der Waals surface area contributed by atoms with Crippen LogP contribution < -0.4 is 21.3 Å². The van der Waals surface area contributed by atoms with E-state index in [0.717, 1.165) is 62.5 Å². The molecule has 2 heterocycles. The summed E-state index contributed by atoms with van der Waals surface area (Å²) in [5.41, 5.74) is 8.72. The molecule has 1 aliphatic heterocycles. The predicted octanol–water partition coefficient (Wildman–Crippen LogP) is 4.05. The molecular weight excluding hydrogens is 421 g/mol. The largest absolute Gasteiger partial charge is 0.399 e. The number of rotatable bonds is 8. The van der Waals surface area contributed by atoms with Crippen molar-refractivity contribution in [3.05, 3.63) is 35.5 Å². The molecule has 1 atom stereocenters. The average molecular weight is 452 g/mol. The van der Waals surface area contributed by atoms with Crippen molar-refractivity contribution in [3.8, 4) is 6.07 Å². The van der Waals surface area contributed by atoms with E-state index >= 15 is 0 Å². The molecule has 0 bridgehead atoms. The van der Waals surface area contributed by atoms with Crippen LogP contribution >= 0.6 is 24.8 Å². The van der Waals surface area contributed by atoms with Crippen molar-refractivity contribution in [2.45, 2.75) is 45.6 Å². The lowest BCUT2D eigenvalue weighted by Crippen LogP contribution is -2.32. The zero-order valence-electron chi connectivity index (χ0n) is 17.5. The lowest BCUT2D eigenvalue weighted by atomic mass is 10.2. The number of hydrogen-bond acceptors (Lipinski definition) is 7. The third-order valence-corrected chi connectivity index (χ3v) is 4.90. The molecule has 7 nitrogen and oxygen atoms in total. The van der Waals surface area contributed by atoms with Gasteiger partial charge in [-0.2, -0.15) is 10.2 Å². The third kappa shape index (κ3) is 6.91. The van der Waals surface area contributed by atoms with Gasteiger partial charge in [0.2, 0.25) is 5.95 Å². The summed E-state index contributed by atoms with van der Waals surface area (Å²) < 4.78 is 0. The van der Waals surface area contributed by atoms with Crippen molar-refractivity contribution < 1.29 is 0 Å². The summed E-state index contributed by atoms with van der Waals surface area (Å²) >= 11 is 0. The summed E-state index contributed by atoms with van der Waals surface area (Å²) in [5.74, 6) is 1.50. The first-order valence-corrected chi connectivity index (χ1v) is 10.0. The molecule has 1 aromatic carbocycles. The van der Waals surface area contributed by atoms with Gasteiger partial charge in [0.25, 0.3) is 0 Å². The summed E-state index contributed by atoms with van der Waals surface area (Å²) in [4.78, 5) is 11.8. The number of halogens is 2. The van der Waals surface area contributed by atoms with E-state index in [1.807, 2.05) is 0 Å². The van der Waals surface area contributed by atoms with Crippen molar-refractivity contribution in [1.82, 2.24) is 15.3 Å². The van der Waals surface area contributed by atoms with E-state index in [1.54, 1.807) is 18.2 Å². The van der Waals surface area contributed by atoms with E-state index in [9.17, 15) is 5.26 Å². The molecule has 1 aromatic heterocycles. The molecule has 0 radical (unpaired) electrons. The quantitative estimate of drug-likeness (QED) is 0.519. The Kier molecular flexibility index (Phi) is 10.7. The van der Waals surface area contributed by atoms with Gasteiger partial charge in [0.05, 0.1) is 11.6 Å². The highest BCUT2D eigenvalue weighted by atomic mass is 35.5. The highest BCUT2D eigenvalue weighted by Crippen LogP contribution is 2.24. The molecule has 4 N–H and O–H groups in total. The summed E-state index contributed by atoms with van der Waals surface area (Å²) in [5, 5.41) is 15.9. The Bertz CT molecular complexity index is 854.